The van der Waals surface area contributed by atoms with Gasteiger partial charge in [0.1, 0.15) is 5.69 Å². The second-order valence-electron chi connectivity index (χ2n) is 5.77. The first kappa shape index (κ1) is 19.1. The molecule has 0 amide bonds. The first-order chi connectivity index (χ1) is 12.7. The van der Waals surface area contributed by atoms with Gasteiger partial charge in [-0.05, 0) is 23.3 Å². The SMILES string of the molecule is Cn1cc(-c2ccc(CNS(=O)(=O)C(F)(F)F)cc2)c(-c2ccncc2)n1. The maximum absolute atomic E-state index is 12.4. The Labute approximate surface area is 153 Å². The van der Waals surface area contributed by atoms with Crippen molar-refractivity contribution in [1.82, 2.24) is 19.5 Å². The summed E-state index contributed by atoms with van der Waals surface area (Å²) in [6, 6.07) is 10.2. The lowest BCUT2D eigenvalue weighted by Crippen LogP contribution is -2.35. The fraction of sp³-hybridized carbons (Fsp3) is 0.176. The second-order valence-corrected chi connectivity index (χ2v) is 7.53. The fourth-order valence-corrected chi connectivity index (χ4v) is 3.01. The lowest BCUT2D eigenvalue weighted by Gasteiger charge is -2.10. The van der Waals surface area contributed by atoms with Crippen LogP contribution in [-0.2, 0) is 23.6 Å². The molecule has 0 saturated heterocycles. The van der Waals surface area contributed by atoms with E-state index in [2.05, 4.69) is 10.1 Å². The van der Waals surface area contributed by atoms with Crippen molar-refractivity contribution >= 4 is 10.0 Å². The van der Waals surface area contributed by atoms with Crippen molar-refractivity contribution < 1.29 is 21.6 Å². The van der Waals surface area contributed by atoms with Gasteiger partial charge in [-0.15, -0.1) is 0 Å². The van der Waals surface area contributed by atoms with Crippen LogP contribution in [-0.4, -0.2) is 28.7 Å². The molecule has 2 heterocycles. The van der Waals surface area contributed by atoms with Crippen molar-refractivity contribution in [3.8, 4) is 22.4 Å². The molecule has 3 rings (SSSR count). The van der Waals surface area contributed by atoms with Gasteiger partial charge in [0.05, 0.1) is 0 Å². The minimum Gasteiger partial charge on any atom is -0.275 e. The average molecular weight is 396 g/mol. The van der Waals surface area contributed by atoms with Gasteiger partial charge in [-0.2, -0.15) is 18.3 Å². The number of sulfonamides is 1. The van der Waals surface area contributed by atoms with E-state index in [1.54, 1.807) is 48.4 Å². The van der Waals surface area contributed by atoms with Crippen LogP contribution < -0.4 is 4.72 Å². The van der Waals surface area contributed by atoms with Crippen molar-refractivity contribution in [1.29, 1.82) is 0 Å². The summed E-state index contributed by atoms with van der Waals surface area (Å²) in [5.74, 6) is 0. The monoisotopic (exact) mass is 396 g/mol. The third kappa shape index (κ3) is 4.17. The number of nitrogens with one attached hydrogen (secondary N) is 1. The maximum atomic E-state index is 12.4. The van der Waals surface area contributed by atoms with Gasteiger partial charge in [0.2, 0.25) is 0 Å². The van der Waals surface area contributed by atoms with Crippen molar-refractivity contribution in [2.45, 2.75) is 12.1 Å². The van der Waals surface area contributed by atoms with Gasteiger partial charge in [-0.3, -0.25) is 9.67 Å². The quantitative estimate of drug-likeness (QED) is 0.719. The Kier molecular flexibility index (Phi) is 5.03. The normalized spacial score (nSPS) is 12.3. The summed E-state index contributed by atoms with van der Waals surface area (Å²) in [5.41, 5.74) is -1.67. The zero-order valence-electron chi connectivity index (χ0n) is 14.1. The average Bonchev–Trinajstić information content (AvgIpc) is 3.02. The van der Waals surface area contributed by atoms with E-state index < -0.39 is 22.1 Å². The molecule has 1 N–H and O–H groups in total. The Hall–Kier alpha value is -2.72. The molecule has 0 radical (unpaired) electrons. The number of aryl methyl sites for hydroxylation is 1. The Bertz CT molecular complexity index is 1030. The van der Waals surface area contributed by atoms with Gasteiger partial charge in [0.15, 0.2) is 0 Å². The lowest BCUT2D eigenvalue weighted by atomic mass is 10.0. The largest absolute Gasteiger partial charge is 0.511 e. The minimum atomic E-state index is -5.37. The number of benzene rings is 1. The summed E-state index contributed by atoms with van der Waals surface area (Å²) < 4.78 is 62.4. The van der Waals surface area contributed by atoms with Gasteiger partial charge in [0, 0.05) is 43.3 Å². The molecule has 1 aromatic carbocycles. The van der Waals surface area contributed by atoms with Crippen molar-refractivity contribution in [3.63, 3.8) is 0 Å². The molecule has 0 saturated carbocycles. The summed E-state index contributed by atoms with van der Waals surface area (Å²) in [7, 11) is -3.58. The number of hydrogen-bond acceptors (Lipinski definition) is 4. The maximum Gasteiger partial charge on any atom is 0.511 e. The third-order valence-electron chi connectivity index (χ3n) is 3.82. The number of nitrogens with zero attached hydrogens (tertiary/aromatic N) is 3. The van der Waals surface area contributed by atoms with Crippen molar-refractivity contribution in [2.24, 2.45) is 7.05 Å². The van der Waals surface area contributed by atoms with E-state index in [0.717, 1.165) is 22.4 Å². The first-order valence-electron chi connectivity index (χ1n) is 7.77. The number of alkyl halides is 3. The molecule has 27 heavy (non-hydrogen) atoms. The van der Waals surface area contributed by atoms with Gasteiger partial charge < -0.3 is 0 Å². The van der Waals surface area contributed by atoms with Crippen LogP contribution in [0.1, 0.15) is 5.56 Å². The molecular formula is C17H15F3N4O2S. The van der Waals surface area contributed by atoms with E-state index in [4.69, 9.17) is 0 Å². The van der Waals surface area contributed by atoms with Crippen LogP contribution in [0, 0.1) is 0 Å². The molecule has 0 bridgehead atoms. The zero-order valence-corrected chi connectivity index (χ0v) is 14.9. The smallest absolute Gasteiger partial charge is 0.275 e. The Morgan fingerprint density at radius 1 is 1.04 bits per heavy atom. The predicted molar refractivity (Wildman–Crippen MR) is 93.7 cm³/mol. The van der Waals surface area contributed by atoms with Crippen molar-refractivity contribution in [3.05, 3.63) is 60.6 Å². The first-order valence-corrected chi connectivity index (χ1v) is 9.25. The van der Waals surface area contributed by atoms with Crippen LogP contribution in [0.2, 0.25) is 0 Å². The number of halogens is 3. The molecule has 0 unspecified atom stereocenters. The molecule has 10 heteroatoms. The third-order valence-corrected chi connectivity index (χ3v) is 4.95. The highest BCUT2D eigenvalue weighted by Gasteiger charge is 2.45. The molecular weight excluding hydrogens is 381 g/mol. The highest BCUT2D eigenvalue weighted by molar-refractivity contribution is 7.90. The van der Waals surface area contributed by atoms with Gasteiger partial charge in [0.25, 0.3) is 0 Å². The highest BCUT2D eigenvalue weighted by Crippen LogP contribution is 2.30. The topological polar surface area (TPSA) is 76.9 Å². The van der Waals surface area contributed by atoms with E-state index in [1.807, 2.05) is 18.3 Å². The molecule has 0 aliphatic rings. The molecule has 2 aromatic heterocycles. The van der Waals surface area contributed by atoms with E-state index >= 15 is 0 Å². The minimum absolute atomic E-state index is 0.404. The summed E-state index contributed by atoms with van der Waals surface area (Å²) in [6.45, 7) is -0.452. The molecule has 0 aliphatic heterocycles. The zero-order chi connectivity index (χ0) is 19.7. The van der Waals surface area contributed by atoms with E-state index in [1.165, 1.54) is 4.72 Å². The molecule has 0 fully saturated rings. The summed E-state index contributed by atoms with van der Waals surface area (Å²) in [5, 5.41) is 4.45. The highest BCUT2D eigenvalue weighted by atomic mass is 32.2. The predicted octanol–water partition coefficient (Wildman–Crippen LogP) is 3.09. The molecule has 0 spiro atoms. The van der Waals surface area contributed by atoms with Crippen LogP contribution >= 0.6 is 0 Å². The Balaban J connectivity index is 1.83. The Morgan fingerprint density at radius 3 is 2.26 bits per heavy atom. The second kappa shape index (κ2) is 7.12. The van der Waals surface area contributed by atoms with Crippen LogP contribution in [0.15, 0.2) is 55.0 Å². The number of rotatable bonds is 5. The molecule has 0 atom stereocenters. The fourth-order valence-electron chi connectivity index (χ4n) is 2.49. The van der Waals surface area contributed by atoms with E-state index in [-0.39, 0.29) is 0 Å². The standard InChI is InChI=1S/C17H15F3N4O2S/c1-24-11-15(16(23-24)14-6-8-21-9-7-14)13-4-2-12(3-5-13)10-22-27(25,26)17(18,19)20/h2-9,11,22H,10H2,1H3. The molecule has 0 aliphatic carbocycles. The van der Waals surface area contributed by atoms with E-state index in [9.17, 15) is 21.6 Å². The molecule has 142 valence electrons. The summed E-state index contributed by atoms with van der Waals surface area (Å²) >= 11 is 0. The Morgan fingerprint density at radius 2 is 1.67 bits per heavy atom. The number of aromatic nitrogens is 3. The number of hydrogen-bond donors (Lipinski definition) is 1. The summed E-state index contributed by atoms with van der Waals surface area (Å²) in [4.78, 5) is 3.98. The van der Waals surface area contributed by atoms with Gasteiger partial charge in [-0.1, -0.05) is 24.3 Å². The van der Waals surface area contributed by atoms with Crippen LogP contribution in [0.25, 0.3) is 22.4 Å². The van der Waals surface area contributed by atoms with E-state index in [0.29, 0.717) is 5.56 Å². The van der Waals surface area contributed by atoms with Crippen LogP contribution in [0.5, 0.6) is 0 Å². The molecule has 3 aromatic rings. The van der Waals surface area contributed by atoms with Crippen molar-refractivity contribution in [2.75, 3.05) is 0 Å². The summed E-state index contributed by atoms with van der Waals surface area (Å²) in [6.07, 6.45) is 5.14. The van der Waals surface area contributed by atoms with Gasteiger partial charge in [-0.25, -0.2) is 13.1 Å². The van der Waals surface area contributed by atoms with Crippen LogP contribution in [0.4, 0.5) is 13.2 Å². The van der Waals surface area contributed by atoms with Gasteiger partial charge >= 0.3 is 15.5 Å². The lowest BCUT2D eigenvalue weighted by molar-refractivity contribution is -0.0448. The molecule has 6 nitrogen and oxygen atoms in total. The van der Waals surface area contributed by atoms with Crippen LogP contribution in [0.3, 0.4) is 0 Å². The number of pyridine rings is 1.